The highest BCUT2D eigenvalue weighted by Crippen LogP contribution is 2.47. The number of rotatable bonds is 14. The zero-order chi connectivity index (χ0) is 95.1. The average Bonchev–Trinajstić information content (AvgIpc) is 1.60. The molecule has 29 aromatic rings. The van der Waals surface area contributed by atoms with Gasteiger partial charge in [0.15, 0.2) is 0 Å². The van der Waals surface area contributed by atoms with Gasteiger partial charge in [-0.3, -0.25) is 0 Å². The summed E-state index contributed by atoms with van der Waals surface area (Å²) in [6.07, 6.45) is 0. The highest BCUT2D eigenvalue weighted by molar-refractivity contribution is 6.18. The standard InChI is InChI=1S/2C48H32N2.C42H28N2/c1-3-14-33(15-4-1)35-18-13-19-38(30-35)49-45-24-11-8-21-40(45)42-31-36(26-28-47(42)49)37-27-29-48-43(32-37)41-22-9-12-25-46(41)50(48)44-23-10-7-20-39(44)34-16-5-2-6-17-34;1-3-13-33(14-4-1)34-23-27-38(28-24-34)49-45-21-11-8-18-40(45)42-31-36(25-29-47(42)49)37-26-30-48-43(32-37)41-19-9-12-22-46(41)50(48)44-20-10-7-17-39(44)35-15-5-2-6-16-35;1-3-13-29(14-4-1)33-17-7-10-20-38(33)44-40-22-12-9-19-35(40)37-28-31(24-26-42(37)44)30-23-25-41-36(27-30)34-18-8-11-21-39(34)43(41)32-15-5-2-6-16-32/h2*1-32H;1-28H. The van der Waals surface area contributed by atoms with Crippen LogP contribution in [0.25, 0.3) is 254 Å². The maximum absolute atomic E-state index is 2.43. The molecule has 0 saturated carbocycles. The molecule has 144 heavy (non-hydrogen) atoms. The molecule has 23 aromatic carbocycles. The van der Waals surface area contributed by atoms with E-state index in [2.05, 4.69) is 586 Å². The molecule has 0 bridgehead atoms. The van der Waals surface area contributed by atoms with Crippen LogP contribution in [0, 0.1) is 0 Å². The Kier molecular flexibility index (Phi) is 20.9. The van der Waals surface area contributed by atoms with Gasteiger partial charge in [0.05, 0.1) is 83.3 Å². The van der Waals surface area contributed by atoms with Gasteiger partial charge in [-0.05, 0) is 236 Å². The molecule has 0 aliphatic heterocycles. The Hall–Kier alpha value is -19.1. The minimum atomic E-state index is 1.16. The van der Waals surface area contributed by atoms with Crippen molar-refractivity contribution in [3.8, 4) is 123 Å². The first-order valence-corrected chi connectivity index (χ1v) is 49.5. The second-order valence-corrected chi connectivity index (χ2v) is 37.3. The van der Waals surface area contributed by atoms with E-state index < -0.39 is 0 Å². The van der Waals surface area contributed by atoms with Gasteiger partial charge in [0.2, 0.25) is 0 Å². The maximum Gasteiger partial charge on any atom is 0.0541 e. The average molecular weight is 1830 g/mol. The van der Waals surface area contributed by atoms with E-state index in [-0.39, 0.29) is 0 Å². The molecular formula is C138H92N6. The zero-order valence-corrected chi connectivity index (χ0v) is 78.8. The Morgan fingerprint density at radius 3 is 0.569 bits per heavy atom. The zero-order valence-electron chi connectivity index (χ0n) is 78.8. The second-order valence-electron chi connectivity index (χ2n) is 37.3. The summed E-state index contributed by atoms with van der Waals surface area (Å²) < 4.78 is 14.4. The third-order valence-corrected chi connectivity index (χ3v) is 29.2. The number of para-hydroxylation sites is 10. The van der Waals surface area contributed by atoms with E-state index in [9.17, 15) is 0 Å². The first-order valence-electron chi connectivity index (χ1n) is 49.5. The summed E-state index contributed by atoms with van der Waals surface area (Å²) in [7, 11) is 0. The molecule has 6 aromatic heterocycles. The van der Waals surface area contributed by atoms with Gasteiger partial charge in [-0.25, -0.2) is 0 Å². The van der Waals surface area contributed by atoms with E-state index in [4.69, 9.17) is 0 Å². The van der Waals surface area contributed by atoms with Gasteiger partial charge in [-0.1, -0.05) is 394 Å². The molecule has 6 heterocycles. The van der Waals surface area contributed by atoms with Crippen LogP contribution in [0.15, 0.2) is 558 Å². The highest BCUT2D eigenvalue weighted by Gasteiger charge is 2.25. The van der Waals surface area contributed by atoms with E-state index >= 15 is 0 Å². The molecule has 0 aliphatic rings. The number of nitrogens with zero attached hydrogens (tertiary/aromatic N) is 6. The molecule has 0 saturated heterocycles. The van der Waals surface area contributed by atoms with Gasteiger partial charge in [-0.15, -0.1) is 0 Å². The molecule has 29 rings (SSSR count). The third-order valence-electron chi connectivity index (χ3n) is 29.2. The van der Waals surface area contributed by atoms with Crippen molar-refractivity contribution in [2.24, 2.45) is 0 Å². The number of hydrogen-bond donors (Lipinski definition) is 0. The van der Waals surface area contributed by atoms with Crippen molar-refractivity contribution in [3.63, 3.8) is 0 Å². The number of fused-ring (bicyclic) bond motifs is 18. The molecule has 6 nitrogen and oxygen atoms in total. The normalized spacial score (nSPS) is 11.6. The fourth-order valence-corrected chi connectivity index (χ4v) is 22.6. The molecule has 0 unspecified atom stereocenters. The van der Waals surface area contributed by atoms with Crippen molar-refractivity contribution in [2.75, 3.05) is 0 Å². The van der Waals surface area contributed by atoms with Gasteiger partial charge in [0.25, 0.3) is 0 Å². The van der Waals surface area contributed by atoms with Crippen LogP contribution in [0.1, 0.15) is 0 Å². The molecule has 0 atom stereocenters. The molecule has 0 spiro atoms. The fourth-order valence-electron chi connectivity index (χ4n) is 22.6. The number of benzene rings is 23. The van der Waals surface area contributed by atoms with Gasteiger partial charge in [0, 0.05) is 98.4 Å². The van der Waals surface area contributed by atoms with Crippen LogP contribution in [-0.4, -0.2) is 27.4 Å². The van der Waals surface area contributed by atoms with Crippen molar-refractivity contribution in [2.45, 2.75) is 0 Å². The van der Waals surface area contributed by atoms with Crippen molar-refractivity contribution >= 4 is 131 Å². The maximum atomic E-state index is 2.43. The first-order chi connectivity index (χ1) is 71.5. The molecule has 6 heteroatoms. The summed E-state index contributed by atoms with van der Waals surface area (Å²) in [6, 6.07) is 202. The predicted octanol–water partition coefficient (Wildman–Crippen LogP) is 37.0. The quantitative estimate of drug-likeness (QED) is 0.104. The summed E-state index contributed by atoms with van der Waals surface area (Å²) in [5, 5.41) is 15.1. The van der Waals surface area contributed by atoms with Crippen LogP contribution in [-0.2, 0) is 0 Å². The minimum Gasteiger partial charge on any atom is -0.309 e. The Balaban J connectivity index is 0.000000108. The van der Waals surface area contributed by atoms with Crippen LogP contribution >= 0.6 is 0 Å². The van der Waals surface area contributed by atoms with Crippen molar-refractivity contribution in [1.29, 1.82) is 0 Å². The van der Waals surface area contributed by atoms with Gasteiger partial charge in [-0.2, -0.15) is 0 Å². The SMILES string of the molecule is c1ccc(-c2ccc(-n3c4ccccc4c4cc(-c5ccc6c(c5)c5ccccc5n6-c5ccccc5-c5ccccc5)ccc43)cc2)cc1.c1ccc(-c2cccc(-n3c4ccccc4c4cc(-c5ccc6c(c5)c5ccccc5n6-c5ccccc5-c5ccccc5)ccc43)c2)cc1.c1ccc(-c2ccccc2-n2c3ccccc3c3cc(-c4ccc5c(c4)c4ccccc4n5-c4ccccc4)ccc32)cc1. The number of hydrogen-bond acceptors (Lipinski definition) is 0. The lowest BCUT2D eigenvalue weighted by atomic mass is 10.0. The van der Waals surface area contributed by atoms with E-state index in [0.29, 0.717) is 0 Å². The molecule has 0 aliphatic carbocycles. The Morgan fingerprint density at radius 1 is 0.0903 bits per heavy atom. The fraction of sp³-hybridized carbons (Fsp3) is 0. The first kappa shape index (κ1) is 84.2. The molecular weight excluding hydrogens is 1740 g/mol. The van der Waals surface area contributed by atoms with Crippen LogP contribution < -0.4 is 0 Å². The molecule has 0 fully saturated rings. The van der Waals surface area contributed by atoms with E-state index in [1.54, 1.807) is 0 Å². The van der Waals surface area contributed by atoms with Crippen LogP contribution in [0.3, 0.4) is 0 Å². The summed E-state index contributed by atoms with van der Waals surface area (Å²) in [4.78, 5) is 0. The third kappa shape index (κ3) is 14.6. The Labute approximate surface area is 833 Å². The smallest absolute Gasteiger partial charge is 0.0541 e. The van der Waals surface area contributed by atoms with Gasteiger partial charge >= 0.3 is 0 Å². The lowest BCUT2D eigenvalue weighted by molar-refractivity contribution is 1.18. The summed E-state index contributed by atoms with van der Waals surface area (Å²) in [5.41, 5.74) is 41.0. The molecule has 0 N–H and O–H groups in total. The summed E-state index contributed by atoms with van der Waals surface area (Å²) in [5.74, 6) is 0. The Morgan fingerprint density at radius 2 is 0.271 bits per heavy atom. The topological polar surface area (TPSA) is 29.6 Å². The Bertz CT molecular complexity index is 9990. The van der Waals surface area contributed by atoms with Crippen LogP contribution in [0.4, 0.5) is 0 Å². The molecule has 0 radical (unpaired) electrons. The van der Waals surface area contributed by atoms with Crippen LogP contribution in [0.2, 0.25) is 0 Å². The minimum absolute atomic E-state index is 1.16. The molecule has 0 amide bonds. The largest absolute Gasteiger partial charge is 0.309 e. The van der Waals surface area contributed by atoms with Crippen molar-refractivity contribution in [1.82, 2.24) is 27.4 Å². The molecule has 674 valence electrons. The summed E-state index contributed by atoms with van der Waals surface area (Å²) in [6.45, 7) is 0. The van der Waals surface area contributed by atoms with E-state index in [1.807, 2.05) is 0 Å². The lowest BCUT2D eigenvalue weighted by Gasteiger charge is -2.14. The van der Waals surface area contributed by atoms with Crippen molar-refractivity contribution < 1.29 is 0 Å². The van der Waals surface area contributed by atoms with E-state index in [0.717, 1.165) is 11.4 Å². The van der Waals surface area contributed by atoms with Crippen LogP contribution in [0.5, 0.6) is 0 Å². The summed E-state index contributed by atoms with van der Waals surface area (Å²) >= 11 is 0. The monoisotopic (exact) mass is 1830 g/mol. The second kappa shape index (κ2) is 35.7. The highest BCUT2D eigenvalue weighted by atomic mass is 15.0. The van der Waals surface area contributed by atoms with Crippen molar-refractivity contribution in [3.05, 3.63) is 558 Å². The van der Waals surface area contributed by atoms with Gasteiger partial charge < -0.3 is 27.4 Å². The van der Waals surface area contributed by atoms with E-state index in [1.165, 1.54) is 243 Å². The lowest BCUT2D eigenvalue weighted by Crippen LogP contribution is -1.97. The number of aromatic nitrogens is 6. The van der Waals surface area contributed by atoms with Gasteiger partial charge in [0.1, 0.15) is 0 Å². The predicted molar refractivity (Wildman–Crippen MR) is 609 cm³/mol.